The van der Waals surface area contributed by atoms with Gasteiger partial charge in [0.1, 0.15) is 0 Å². The van der Waals surface area contributed by atoms with Crippen LogP contribution in [-0.4, -0.2) is 36.7 Å². The zero-order chi connectivity index (χ0) is 8.23. The van der Waals surface area contributed by atoms with Crippen molar-refractivity contribution in [1.82, 2.24) is 10.6 Å². The monoisotopic (exact) mass is 186 g/mol. The lowest BCUT2D eigenvalue weighted by Crippen LogP contribution is -2.42. The van der Waals surface area contributed by atoms with E-state index in [0.29, 0.717) is 0 Å². The lowest BCUT2D eigenvalue weighted by molar-refractivity contribution is 0.495. The zero-order valence-electron chi connectivity index (χ0n) is 7.51. The minimum atomic E-state index is 0.810. The fraction of sp³-hybridized carbons (Fsp3) is 1.00. The molecule has 2 fully saturated rings. The standard InChI is InChI=1S/C9H18N2S/c1-2-8(10-4-1)3-5-11-9-6-12-7-9/h8-11H,1-7H2. The fourth-order valence-electron chi connectivity index (χ4n) is 1.82. The molecule has 2 N–H and O–H groups in total. The van der Waals surface area contributed by atoms with Crippen LogP contribution in [0, 0.1) is 0 Å². The third kappa shape index (κ3) is 2.38. The van der Waals surface area contributed by atoms with Crippen molar-refractivity contribution in [3.05, 3.63) is 0 Å². The molecule has 2 aliphatic rings. The molecule has 70 valence electrons. The van der Waals surface area contributed by atoms with Crippen molar-refractivity contribution in [2.75, 3.05) is 24.6 Å². The molecule has 2 nitrogen and oxygen atoms in total. The summed E-state index contributed by atoms with van der Waals surface area (Å²) in [7, 11) is 0. The van der Waals surface area contributed by atoms with E-state index in [9.17, 15) is 0 Å². The highest BCUT2D eigenvalue weighted by molar-refractivity contribution is 8.00. The maximum Gasteiger partial charge on any atom is 0.0248 e. The van der Waals surface area contributed by atoms with Crippen LogP contribution >= 0.6 is 11.8 Å². The molecule has 3 heteroatoms. The second-order valence-electron chi connectivity index (χ2n) is 3.77. The first kappa shape index (κ1) is 8.85. The van der Waals surface area contributed by atoms with Crippen LogP contribution in [0.5, 0.6) is 0 Å². The quantitative estimate of drug-likeness (QED) is 0.680. The molecule has 12 heavy (non-hydrogen) atoms. The molecule has 0 spiro atoms. The zero-order valence-corrected chi connectivity index (χ0v) is 8.33. The second-order valence-corrected chi connectivity index (χ2v) is 4.85. The Morgan fingerprint density at radius 1 is 1.42 bits per heavy atom. The van der Waals surface area contributed by atoms with E-state index >= 15 is 0 Å². The van der Waals surface area contributed by atoms with Crippen molar-refractivity contribution in [2.24, 2.45) is 0 Å². The molecule has 0 bridgehead atoms. The predicted molar refractivity (Wildman–Crippen MR) is 54.8 cm³/mol. The minimum absolute atomic E-state index is 0.810. The smallest absolute Gasteiger partial charge is 0.0248 e. The van der Waals surface area contributed by atoms with Gasteiger partial charge < -0.3 is 10.6 Å². The van der Waals surface area contributed by atoms with Crippen molar-refractivity contribution in [1.29, 1.82) is 0 Å². The Kier molecular flexibility index (Phi) is 3.31. The maximum absolute atomic E-state index is 3.59. The Labute approximate surface area is 78.9 Å². The lowest BCUT2D eigenvalue weighted by atomic mass is 10.1. The Bertz CT molecular complexity index is 130. The largest absolute Gasteiger partial charge is 0.314 e. The van der Waals surface area contributed by atoms with Crippen molar-refractivity contribution < 1.29 is 0 Å². The fourth-order valence-corrected chi connectivity index (χ4v) is 2.53. The number of thioether (sulfide) groups is 1. The Morgan fingerprint density at radius 3 is 2.92 bits per heavy atom. The van der Waals surface area contributed by atoms with E-state index in [0.717, 1.165) is 12.1 Å². The summed E-state index contributed by atoms with van der Waals surface area (Å²) in [6, 6.07) is 1.64. The summed E-state index contributed by atoms with van der Waals surface area (Å²) in [5, 5.41) is 7.11. The highest BCUT2D eigenvalue weighted by atomic mass is 32.2. The van der Waals surface area contributed by atoms with Gasteiger partial charge in [0, 0.05) is 23.6 Å². The lowest BCUT2D eigenvalue weighted by Gasteiger charge is -2.26. The van der Waals surface area contributed by atoms with Gasteiger partial charge in [0.25, 0.3) is 0 Å². The third-order valence-electron chi connectivity index (χ3n) is 2.73. The number of nitrogens with one attached hydrogen (secondary N) is 2. The first-order chi connectivity index (χ1) is 5.95. The summed E-state index contributed by atoms with van der Waals surface area (Å²) in [4.78, 5) is 0. The predicted octanol–water partition coefficient (Wildman–Crippen LogP) is 0.833. The van der Waals surface area contributed by atoms with Crippen LogP contribution in [0.15, 0.2) is 0 Å². The van der Waals surface area contributed by atoms with E-state index in [1.165, 1.54) is 43.9 Å². The molecule has 0 saturated carbocycles. The first-order valence-corrected chi connectivity index (χ1v) is 6.15. The SMILES string of the molecule is C1CNC(CCNC2CSC2)C1. The van der Waals surface area contributed by atoms with Crippen LogP contribution in [0.4, 0.5) is 0 Å². The molecule has 2 saturated heterocycles. The van der Waals surface area contributed by atoms with Gasteiger partial charge in [0.05, 0.1) is 0 Å². The van der Waals surface area contributed by atoms with E-state index in [1.54, 1.807) is 0 Å². The van der Waals surface area contributed by atoms with Crippen LogP contribution in [-0.2, 0) is 0 Å². The number of rotatable bonds is 4. The van der Waals surface area contributed by atoms with E-state index in [-0.39, 0.29) is 0 Å². The van der Waals surface area contributed by atoms with Gasteiger partial charge in [-0.1, -0.05) is 0 Å². The minimum Gasteiger partial charge on any atom is -0.314 e. The molecular weight excluding hydrogens is 168 g/mol. The third-order valence-corrected chi connectivity index (χ3v) is 4.00. The Balaban J connectivity index is 1.49. The molecule has 0 amide bonds. The molecule has 0 aliphatic carbocycles. The van der Waals surface area contributed by atoms with Gasteiger partial charge in [-0.25, -0.2) is 0 Å². The molecule has 2 rings (SSSR count). The van der Waals surface area contributed by atoms with Gasteiger partial charge >= 0.3 is 0 Å². The molecule has 1 atom stereocenters. The summed E-state index contributed by atoms with van der Waals surface area (Å²) >= 11 is 2.05. The molecular formula is C9H18N2S. The summed E-state index contributed by atoms with van der Waals surface area (Å²) in [5.41, 5.74) is 0. The van der Waals surface area contributed by atoms with Gasteiger partial charge in [-0.2, -0.15) is 11.8 Å². The highest BCUT2D eigenvalue weighted by Gasteiger charge is 2.18. The van der Waals surface area contributed by atoms with E-state index in [2.05, 4.69) is 10.6 Å². The second kappa shape index (κ2) is 4.49. The normalized spacial score (nSPS) is 30.5. The average Bonchev–Trinajstić information content (AvgIpc) is 2.46. The average molecular weight is 186 g/mol. The Morgan fingerprint density at radius 2 is 2.33 bits per heavy atom. The molecule has 2 heterocycles. The molecule has 1 unspecified atom stereocenters. The van der Waals surface area contributed by atoms with E-state index < -0.39 is 0 Å². The summed E-state index contributed by atoms with van der Waals surface area (Å²) in [6.07, 6.45) is 4.09. The Hall–Kier alpha value is 0.270. The summed E-state index contributed by atoms with van der Waals surface area (Å²) in [5.74, 6) is 2.66. The van der Waals surface area contributed by atoms with Crippen LogP contribution in [0.2, 0.25) is 0 Å². The number of hydrogen-bond acceptors (Lipinski definition) is 3. The van der Waals surface area contributed by atoms with Crippen molar-refractivity contribution in [3.8, 4) is 0 Å². The van der Waals surface area contributed by atoms with Crippen LogP contribution in [0.1, 0.15) is 19.3 Å². The summed E-state index contributed by atoms with van der Waals surface area (Å²) in [6.45, 7) is 2.45. The van der Waals surface area contributed by atoms with Crippen LogP contribution < -0.4 is 10.6 Å². The van der Waals surface area contributed by atoms with E-state index in [1.807, 2.05) is 11.8 Å². The van der Waals surface area contributed by atoms with Gasteiger partial charge in [0.15, 0.2) is 0 Å². The van der Waals surface area contributed by atoms with Crippen molar-refractivity contribution in [3.63, 3.8) is 0 Å². The molecule has 0 aromatic carbocycles. The van der Waals surface area contributed by atoms with Crippen LogP contribution in [0.25, 0.3) is 0 Å². The number of hydrogen-bond donors (Lipinski definition) is 2. The highest BCUT2D eigenvalue weighted by Crippen LogP contribution is 2.17. The summed E-state index contributed by atoms with van der Waals surface area (Å²) < 4.78 is 0. The van der Waals surface area contributed by atoms with Gasteiger partial charge in [-0.05, 0) is 32.4 Å². The van der Waals surface area contributed by atoms with Gasteiger partial charge in [-0.15, -0.1) is 0 Å². The van der Waals surface area contributed by atoms with Gasteiger partial charge in [0.2, 0.25) is 0 Å². The van der Waals surface area contributed by atoms with Crippen molar-refractivity contribution >= 4 is 11.8 Å². The van der Waals surface area contributed by atoms with Crippen LogP contribution in [0.3, 0.4) is 0 Å². The first-order valence-electron chi connectivity index (χ1n) is 4.99. The van der Waals surface area contributed by atoms with Crippen molar-refractivity contribution in [2.45, 2.75) is 31.3 Å². The molecule has 0 radical (unpaired) electrons. The van der Waals surface area contributed by atoms with E-state index in [4.69, 9.17) is 0 Å². The maximum atomic E-state index is 3.59. The van der Waals surface area contributed by atoms with Gasteiger partial charge in [-0.3, -0.25) is 0 Å². The molecule has 0 aromatic rings. The topological polar surface area (TPSA) is 24.1 Å². The molecule has 2 aliphatic heterocycles. The molecule has 0 aromatic heterocycles.